The summed E-state index contributed by atoms with van der Waals surface area (Å²) in [5.41, 5.74) is 8.93. The van der Waals surface area contributed by atoms with Crippen molar-refractivity contribution in [1.29, 1.82) is 0 Å². The third-order valence-corrected chi connectivity index (χ3v) is 5.35. The average molecular weight is 304 g/mol. The van der Waals surface area contributed by atoms with Crippen LogP contribution in [0.5, 0.6) is 0 Å². The lowest BCUT2D eigenvalue weighted by Gasteiger charge is -2.23. The maximum atomic E-state index is 12.8. The second kappa shape index (κ2) is 5.77. The molecule has 0 amide bonds. The van der Waals surface area contributed by atoms with Gasteiger partial charge in [0.25, 0.3) is 10.0 Å². The van der Waals surface area contributed by atoms with Crippen molar-refractivity contribution in [2.45, 2.75) is 25.7 Å². The highest BCUT2D eigenvalue weighted by Crippen LogP contribution is 2.25. The van der Waals surface area contributed by atoms with Crippen molar-refractivity contribution in [3.8, 4) is 0 Å². The first-order valence-electron chi connectivity index (χ1n) is 6.82. The first-order chi connectivity index (χ1) is 9.86. The van der Waals surface area contributed by atoms with Crippen molar-refractivity contribution in [3.05, 3.63) is 53.6 Å². The molecule has 0 fully saturated rings. The summed E-state index contributed by atoms with van der Waals surface area (Å²) in [6.45, 7) is 5.99. The largest absolute Gasteiger partial charge is 0.398 e. The highest BCUT2D eigenvalue weighted by molar-refractivity contribution is 7.92. The van der Waals surface area contributed by atoms with E-state index < -0.39 is 10.0 Å². The lowest BCUT2D eigenvalue weighted by atomic mass is 10.2. The third kappa shape index (κ3) is 3.03. The quantitative estimate of drug-likeness (QED) is 0.883. The molecule has 0 aliphatic rings. The van der Waals surface area contributed by atoms with Crippen molar-refractivity contribution in [2.75, 3.05) is 16.6 Å². The molecule has 0 unspecified atom stereocenters. The van der Waals surface area contributed by atoms with Gasteiger partial charge in [-0.3, -0.25) is 4.31 Å². The molecule has 2 aromatic carbocycles. The molecule has 2 N–H and O–H groups in total. The fourth-order valence-electron chi connectivity index (χ4n) is 2.11. The normalized spacial score (nSPS) is 11.4. The number of aryl methyl sites for hydroxylation is 2. The molecule has 0 aliphatic heterocycles. The Bertz CT molecular complexity index is 737. The minimum Gasteiger partial charge on any atom is -0.398 e. The van der Waals surface area contributed by atoms with Crippen LogP contribution in [0.15, 0.2) is 47.4 Å². The van der Waals surface area contributed by atoms with Crippen LogP contribution >= 0.6 is 0 Å². The minimum atomic E-state index is -3.60. The lowest BCUT2D eigenvalue weighted by Crippen LogP contribution is -2.30. The zero-order valence-electron chi connectivity index (χ0n) is 12.5. The molecule has 0 aliphatic carbocycles. The van der Waals surface area contributed by atoms with E-state index >= 15 is 0 Å². The van der Waals surface area contributed by atoms with Crippen LogP contribution in [-0.2, 0) is 10.0 Å². The van der Waals surface area contributed by atoms with Gasteiger partial charge in [0.05, 0.1) is 10.6 Å². The van der Waals surface area contributed by atoms with Crippen LogP contribution in [0.25, 0.3) is 0 Å². The minimum absolute atomic E-state index is 0.216. The van der Waals surface area contributed by atoms with Crippen LogP contribution in [0.3, 0.4) is 0 Å². The number of nitrogen functional groups attached to an aromatic ring is 1. The lowest BCUT2D eigenvalue weighted by molar-refractivity contribution is 0.592. The standard InChI is InChI=1S/C16H20N2O2S/c1-4-18(14-8-5-12(2)6-9-14)21(19,20)15-10-7-13(3)16(17)11-15/h5-11H,4,17H2,1-3H3. The van der Waals surface area contributed by atoms with Crippen molar-refractivity contribution >= 4 is 21.4 Å². The fourth-order valence-corrected chi connectivity index (χ4v) is 3.62. The molecule has 5 heteroatoms. The number of nitrogens with zero attached hydrogens (tertiary/aromatic N) is 1. The molecule has 2 aromatic rings. The summed E-state index contributed by atoms with van der Waals surface area (Å²) in [6, 6.07) is 12.3. The summed E-state index contributed by atoms with van der Waals surface area (Å²) in [5, 5.41) is 0. The number of hydrogen-bond acceptors (Lipinski definition) is 3. The van der Waals surface area contributed by atoms with Crippen LogP contribution in [-0.4, -0.2) is 15.0 Å². The van der Waals surface area contributed by atoms with E-state index in [1.807, 2.05) is 45.0 Å². The van der Waals surface area contributed by atoms with E-state index in [2.05, 4.69) is 0 Å². The molecule has 0 saturated heterocycles. The molecule has 0 heterocycles. The van der Waals surface area contributed by atoms with Crippen LogP contribution in [0, 0.1) is 13.8 Å². The molecule has 0 bridgehead atoms. The van der Waals surface area contributed by atoms with E-state index in [9.17, 15) is 8.42 Å². The number of anilines is 2. The van der Waals surface area contributed by atoms with E-state index in [4.69, 9.17) is 5.73 Å². The molecular weight excluding hydrogens is 284 g/mol. The van der Waals surface area contributed by atoms with Gasteiger partial charge in [-0.1, -0.05) is 23.8 Å². The summed E-state index contributed by atoms with van der Waals surface area (Å²) < 4.78 is 27.0. The third-order valence-electron chi connectivity index (χ3n) is 3.45. The fraction of sp³-hybridized carbons (Fsp3) is 0.250. The maximum absolute atomic E-state index is 12.8. The molecule has 0 spiro atoms. The monoisotopic (exact) mass is 304 g/mol. The number of nitrogens with two attached hydrogens (primary N) is 1. The predicted octanol–water partition coefficient (Wildman–Crippen LogP) is 3.10. The van der Waals surface area contributed by atoms with Gasteiger partial charge >= 0.3 is 0 Å². The molecular formula is C16H20N2O2S. The van der Waals surface area contributed by atoms with Gasteiger partial charge < -0.3 is 5.73 Å². The Hall–Kier alpha value is -2.01. The summed E-state index contributed by atoms with van der Waals surface area (Å²) in [5.74, 6) is 0. The summed E-state index contributed by atoms with van der Waals surface area (Å²) in [7, 11) is -3.60. The second-order valence-electron chi connectivity index (χ2n) is 5.02. The summed E-state index contributed by atoms with van der Waals surface area (Å²) in [6.07, 6.45) is 0. The highest BCUT2D eigenvalue weighted by atomic mass is 32.2. The van der Waals surface area contributed by atoms with Gasteiger partial charge in [0.15, 0.2) is 0 Å². The second-order valence-corrected chi connectivity index (χ2v) is 6.89. The average Bonchev–Trinajstić information content (AvgIpc) is 2.44. The Morgan fingerprint density at radius 1 is 1.05 bits per heavy atom. The summed E-state index contributed by atoms with van der Waals surface area (Å²) in [4.78, 5) is 0.216. The molecule has 21 heavy (non-hydrogen) atoms. The SMILES string of the molecule is CCN(c1ccc(C)cc1)S(=O)(=O)c1ccc(C)c(N)c1. The van der Waals surface area contributed by atoms with Crippen LogP contribution in [0.4, 0.5) is 11.4 Å². The smallest absolute Gasteiger partial charge is 0.264 e. The molecule has 112 valence electrons. The van der Waals surface area contributed by atoms with Gasteiger partial charge in [-0.25, -0.2) is 8.42 Å². The van der Waals surface area contributed by atoms with E-state index in [0.29, 0.717) is 17.9 Å². The number of benzene rings is 2. The van der Waals surface area contributed by atoms with Gasteiger partial charge in [0.2, 0.25) is 0 Å². The van der Waals surface area contributed by atoms with Gasteiger partial charge in [-0.05, 0) is 50.6 Å². The number of hydrogen-bond donors (Lipinski definition) is 1. The van der Waals surface area contributed by atoms with Crippen molar-refractivity contribution in [1.82, 2.24) is 0 Å². The van der Waals surface area contributed by atoms with Gasteiger partial charge in [0.1, 0.15) is 0 Å². The molecule has 4 nitrogen and oxygen atoms in total. The van der Waals surface area contributed by atoms with E-state index in [1.165, 1.54) is 10.4 Å². The highest BCUT2D eigenvalue weighted by Gasteiger charge is 2.23. The van der Waals surface area contributed by atoms with Gasteiger partial charge in [-0.2, -0.15) is 0 Å². The molecule has 0 radical (unpaired) electrons. The Morgan fingerprint density at radius 2 is 1.67 bits per heavy atom. The van der Waals surface area contributed by atoms with Crippen molar-refractivity contribution < 1.29 is 8.42 Å². The molecule has 0 saturated carbocycles. The Labute approximate surface area is 126 Å². The maximum Gasteiger partial charge on any atom is 0.264 e. The molecule has 0 aromatic heterocycles. The number of rotatable bonds is 4. The van der Waals surface area contributed by atoms with Crippen LogP contribution in [0.2, 0.25) is 0 Å². The van der Waals surface area contributed by atoms with Gasteiger partial charge in [0, 0.05) is 12.2 Å². The Morgan fingerprint density at radius 3 is 2.19 bits per heavy atom. The van der Waals surface area contributed by atoms with Crippen LogP contribution < -0.4 is 10.0 Å². The summed E-state index contributed by atoms with van der Waals surface area (Å²) >= 11 is 0. The van der Waals surface area contributed by atoms with Crippen LogP contribution in [0.1, 0.15) is 18.1 Å². The van der Waals surface area contributed by atoms with Crippen molar-refractivity contribution in [3.63, 3.8) is 0 Å². The first-order valence-corrected chi connectivity index (χ1v) is 8.26. The Kier molecular flexibility index (Phi) is 4.23. The number of sulfonamides is 1. The zero-order chi connectivity index (χ0) is 15.6. The van der Waals surface area contributed by atoms with Gasteiger partial charge in [-0.15, -0.1) is 0 Å². The Balaban J connectivity index is 2.49. The first kappa shape index (κ1) is 15.4. The predicted molar refractivity (Wildman–Crippen MR) is 87.0 cm³/mol. The van der Waals surface area contributed by atoms with E-state index in [0.717, 1.165) is 11.1 Å². The van der Waals surface area contributed by atoms with E-state index in [-0.39, 0.29) is 4.90 Å². The van der Waals surface area contributed by atoms with E-state index in [1.54, 1.807) is 12.1 Å². The molecule has 2 rings (SSSR count). The van der Waals surface area contributed by atoms with Crippen molar-refractivity contribution in [2.24, 2.45) is 0 Å². The topological polar surface area (TPSA) is 63.4 Å². The molecule has 0 atom stereocenters. The zero-order valence-corrected chi connectivity index (χ0v) is 13.3.